The smallest absolute Gasteiger partial charge is 0.231 e. The molecule has 1 aromatic carbocycles. The van der Waals surface area contributed by atoms with E-state index in [0.29, 0.717) is 25.9 Å². The Balaban J connectivity index is 1.51. The molecule has 2 aliphatic heterocycles. The molecule has 1 saturated heterocycles. The van der Waals surface area contributed by atoms with Crippen molar-refractivity contribution in [2.45, 2.75) is 32.3 Å². The van der Waals surface area contributed by atoms with Crippen LogP contribution in [0.25, 0.3) is 0 Å². The molecular weight excluding hydrogens is 270 g/mol. The summed E-state index contributed by atoms with van der Waals surface area (Å²) in [6.07, 6.45) is 1.12. The minimum absolute atomic E-state index is 0.0954. The molecule has 1 aromatic rings. The van der Waals surface area contributed by atoms with E-state index in [2.05, 4.69) is 0 Å². The van der Waals surface area contributed by atoms with Crippen LogP contribution in [0, 0.1) is 5.92 Å². The van der Waals surface area contributed by atoms with Gasteiger partial charge in [0, 0.05) is 6.42 Å². The molecule has 2 heterocycles. The molecule has 0 aromatic heterocycles. The van der Waals surface area contributed by atoms with Crippen molar-refractivity contribution in [3.05, 3.63) is 23.8 Å². The Bertz CT molecular complexity index is 549. The van der Waals surface area contributed by atoms with E-state index in [0.717, 1.165) is 17.1 Å². The SMILES string of the molecule is CC(C)C1(O)CN(C(=O)CCc2ccc3c(c2)OCO3)C1. The lowest BCUT2D eigenvalue weighted by Crippen LogP contribution is -2.65. The number of nitrogens with zero attached hydrogens (tertiary/aromatic N) is 1. The summed E-state index contributed by atoms with van der Waals surface area (Å²) in [7, 11) is 0. The molecule has 114 valence electrons. The zero-order chi connectivity index (χ0) is 15.0. The van der Waals surface area contributed by atoms with Crippen molar-refractivity contribution in [2.75, 3.05) is 19.9 Å². The Labute approximate surface area is 124 Å². The van der Waals surface area contributed by atoms with E-state index < -0.39 is 5.60 Å². The van der Waals surface area contributed by atoms with Gasteiger partial charge in [0.2, 0.25) is 12.7 Å². The van der Waals surface area contributed by atoms with Crippen molar-refractivity contribution in [2.24, 2.45) is 5.92 Å². The molecule has 5 nitrogen and oxygen atoms in total. The number of fused-ring (bicyclic) bond motifs is 1. The van der Waals surface area contributed by atoms with Gasteiger partial charge in [-0.2, -0.15) is 0 Å². The van der Waals surface area contributed by atoms with Crippen molar-refractivity contribution < 1.29 is 19.4 Å². The van der Waals surface area contributed by atoms with Crippen LogP contribution >= 0.6 is 0 Å². The summed E-state index contributed by atoms with van der Waals surface area (Å²) in [4.78, 5) is 13.8. The number of carbonyl (C=O) groups is 1. The summed E-state index contributed by atoms with van der Waals surface area (Å²) in [5, 5.41) is 10.2. The molecule has 1 N–H and O–H groups in total. The lowest BCUT2D eigenvalue weighted by Gasteiger charge is -2.49. The number of aryl methyl sites for hydroxylation is 1. The highest BCUT2D eigenvalue weighted by Crippen LogP contribution is 2.33. The summed E-state index contributed by atoms with van der Waals surface area (Å²) >= 11 is 0. The van der Waals surface area contributed by atoms with Crippen LogP contribution in [0.5, 0.6) is 11.5 Å². The maximum Gasteiger partial charge on any atom is 0.231 e. The molecule has 1 fully saturated rings. The van der Waals surface area contributed by atoms with Crippen LogP contribution in [-0.2, 0) is 11.2 Å². The van der Waals surface area contributed by atoms with E-state index in [1.54, 1.807) is 4.90 Å². The van der Waals surface area contributed by atoms with Gasteiger partial charge in [0.1, 0.15) is 5.60 Å². The average molecular weight is 291 g/mol. The number of aliphatic hydroxyl groups is 1. The van der Waals surface area contributed by atoms with Gasteiger partial charge in [-0.15, -0.1) is 0 Å². The van der Waals surface area contributed by atoms with E-state index in [-0.39, 0.29) is 18.6 Å². The Morgan fingerprint density at radius 2 is 2.05 bits per heavy atom. The summed E-state index contributed by atoms with van der Waals surface area (Å²) < 4.78 is 10.6. The Hall–Kier alpha value is -1.75. The molecule has 0 unspecified atom stereocenters. The van der Waals surface area contributed by atoms with E-state index >= 15 is 0 Å². The zero-order valence-corrected chi connectivity index (χ0v) is 12.5. The van der Waals surface area contributed by atoms with Crippen molar-refractivity contribution in [1.29, 1.82) is 0 Å². The van der Waals surface area contributed by atoms with Gasteiger partial charge in [-0.25, -0.2) is 0 Å². The molecule has 2 aliphatic rings. The molecule has 21 heavy (non-hydrogen) atoms. The lowest BCUT2D eigenvalue weighted by molar-refractivity contribution is -0.163. The van der Waals surface area contributed by atoms with Crippen molar-refractivity contribution in [3.8, 4) is 11.5 Å². The van der Waals surface area contributed by atoms with Crippen molar-refractivity contribution >= 4 is 5.91 Å². The third-order valence-corrected chi connectivity index (χ3v) is 4.42. The first kappa shape index (κ1) is 14.2. The highest BCUT2D eigenvalue weighted by atomic mass is 16.7. The van der Waals surface area contributed by atoms with Crippen LogP contribution in [0.2, 0.25) is 0 Å². The van der Waals surface area contributed by atoms with Crippen molar-refractivity contribution in [1.82, 2.24) is 4.90 Å². The monoisotopic (exact) mass is 291 g/mol. The standard InChI is InChI=1S/C16H21NO4/c1-11(2)16(19)8-17(9-16)15(18)6-4-12-3-5-13-14(7-12)21-10-20-13/h3,5,7,11,19H,4,6,8-10H2,1-2H3. The Morgan fingerprint density at radius 1 is 1.33 bits per heavy atom. The fraction of sp³-hybridized carbons (Fsp3) is 0.562. The highest BCUT2D eigenvalue weighted by Gasteiger charge is 2.45. The van der Waals surface area contributed by atoms with Gasteiger partial charge < -0.3 is 19.5 Å². The van der Waals surface area contributed by atoms with Crippen LogP contribution in [-0.4, -0.2) is 41.4 Å². The minimum Gasteiger partial charge on any atom is -0.454 e. The second-order valence-corrected chi connectivity index (χ2v) is 6.20. The number of likely N-dealkylation sites (tertiary alicyclic amines) is 1. The van der Waals surface area contributed by atoms with Crippen LogP contribution in [0.15, 0.2) is 18.2 Å². The fourth-order valence-corrected chi connectivity index (χ4v) is 2.66. The van der Waals surface area contributed by atoms with Crippen LogP contribution < -0.4 is 9.47 Å². The first-order valence-electron chi connectivity index (χ1n) is 7.37. The third kappa shape index (κ3) is 2.70. The predicted molar refractivity (Wildman–Crippen MR) is 77.3 cm³/mol. The quantitative estimate of drug-likeness (QED) is 0.915. The summed E-state index contributed by atoms with van der Waals surface area (Å²) in [6.45, 7) is 5.12. The maximum absolute atomic E-state index is 12.1. The molecule has 0 aliphatic carbocycles. The molecule has 0 atom stereocenters. The molecule has 3 rings (SSSR count). The molecule has 5 heteroatoms. The highest BCUT2D eigenvalue weighted by molar-refractivity contribution is 5.77. The number of carbonyl (C=O) groups excluding carboxylic acids is 1. The summed E-state index contributed by atoms with van der Waals surface area (Å²) in [5.41, 5.74) is 0.362. The predicted octanol–water partition coefficient (Wildman–Crippen LogP) is 1.58. The van der Waals surface area contributed by atoms with Gasteiger partial charge in [0.25, 0.3) is 0 Å². The molecule has 0 bridgehead atoms. The topological polar surface area (TPSA) is 59.0 Å². The second-order valence-electron chi connectivity index (χ2n) is 6.20. The van der Waals surface area contributed by atoms with Gasteiger partial charge in [-0.3, -0.25) is 4.79 Å². The minimum atomic E-state index is -0.700. The number of β-amino-alcohol motifs (C(OH)–C–C–N with tert-alkyl or cyclic N) is 1. The fourth-order valence-electron chi connectivity index (χ4n) is 2.66. The average Bonchev–Trinajstić information content (AvgIpc) is 2.88. The van der Waals surface area contributed by atoms with E-state index in [9.17, 15) is 9.90 Å². The first-order chi connectivity index (χ1) is 9.98. The van der Waals surface area contributed by atoms with Gasteiger partial charge in [0.05, 0.1) is 13.1 Å². The van der Waals surface area contributed by atoms with Crippen LogP contribution in [0.4, 0.5) is 0 Å². The van der Waals surface area contributed by atoms with Gasteiger partial charge in [0.15, 0.2) is 11.5 Å². The van der Waals surface area contributed by atoms with Crippen molar-refractivity contribution in [3.63, 3.8) is 0 Å². The number of hydrogen-bond acceptors (Lipinski definition) is 4. The first-order valence-corrected chi connectivity index (χ1v) is 7.37. The molecule has 0 radical (unpaired) electrons. The lowest BCUT2D eigenvalue weighted by atomic mass is 9.83. The molecule has 0 spiro atoms. The van der Waals surface area contributed by atoms with Crippen LogP contribution in [0.3, 0.4) is 0 Å². The summed E-state index contributed by atoms with van der Waals surface area (Å²) in [6, 6.07) is 5.76. The van der Waals surface area contributed by atoms with Crippen LogP contribution in [0.1, 0.15) is 25.8 Å². The largest absolute Gasteiger partial charge is 0.454 e. The second kappa shape index (κ2) is 5.22. The van der Waals surface area contributed by atoms with E-state index in [4.69, 9.17) is 9.47 Å². The van der Waals surface area contributed by atoms with E-state index in [1.165, 1.54) is 0 Å². The van der Waals surface area contributed by atoms with Gasteiger partial charge >= 0.3 is 0 Å². The number of rotatable bonds is 4. The van der Waals surface area contributed by atoms with E-state index in [1.807, 2.05) is 32.0 Å². The van der Waals surface area contributed by atoms with Gasteiger partial charge in [-0.1, -0.05) is 19.9 Å². The molecular formula is C16H21NO4. The zero-order valence-electron chi connectivity index (χ0n) is 12.5. The summed E-state index contributed by atoms with van der Waals surface area (Å²) in [5.74, 6) is 1.78. The number of benzene rings is 1. The normalized spacial score (nSPS) is 18.8. The number of amides is 1. The Morgan fingerprint density at radius 3 is 2.76 bits per heavy atom. The number of ether oxygens (including phenoxy) is 2. The maximum atomic E-state index is 12.1. The molecule has 0 saturated carbocycles. The Kier molecular flexibility index (Phi) is 3.53. The molecule has 1 amide bonds. The van der Waals surface area contributed by atoms with Gasteiger partial charge in [-0.05, 0) is 30.0 Å². The number of hydrogen-bond donors (Lipinski definition) is 1. The third-order valence-electron chi connectivity index (χ3n) is 4.42.